The molecule has 1 amide bonds. The van der Waals surface area contributed by atoms with Gasteiger partial charge in [0, 0.05) is 6.42 Å². The number of hydrogen-bond acceptors (Lipinski definition) is 8. The van der Waals surface area contributed by atoms with Crippen LogP contribution in [0.15, 0.2) is 36.5 Å². The molecule has 1 heterocycles. The Hall–Kier alpha value is -1.59. The number of allylic oxidation sites excluding steroid dienone is 5. The number of unbranched alkanes of at least 4 members (excludes halogenated alkanes) is 25. The van der Waals surface area contributed by atoms with Crippen molar-refractivity contribution in [1.82, 2.24) is 5.32 Å². The fourth-order valence-electron chi connectivity index (χ4n) is 7.34. The van der Waals surface area contributed by atoms with E-state index in [1.807, 2.05) is 6.08 Å². The molecule has 1 saturated heterocycles. The topological polar surface area (TPSA) is 149 Å². The van der Waals surface area contributed by atoms with E-state index in [0.717, 1.165) is 51.4 Å². The number of aliphatic hydroxyl groups excluding tert-OH is 5. The molecule has 0 bridgehead atoms. The van der Waals surface area contributed by atoms with Crippen LogP contribution in [0.2, 0.25) is 0 Å². The van der Waals surface area contributed by atoms with Crippen LogP contribution in [0.5, 0.6) is 0 Å². The van der Waals surface area contributed by atoms with Crippen molar-refractivity contribution >= 4 is 5.91 Å². The normalized spacial score (nSPS) is 21.3. The summed E-state index contributed by atoms with van der Waals surface area (Å²) in [6.07, 6.45) is 40.6. The number of amides is 1. The van der Waals surface area contributed by atoms with E-state index in [2.05, 4.69) is 43.5 Å². The van der Waals surface area contributed by atoms with Gasteiger partial charge in [0.25, 0.3) is 0 Å². The number of nitrogens with one attached hydrogen (secondary N) is 1. The summed E-state index contributed by atoms with van der Waals surface area (Å²) < 4.78 is 11.2. The van der Waals surface area contributed by atoms with Crippen LogP contribution in [0.4, 0.5) is 0 Å². The van der Waals surface area contributed by atoms with Gasteiger partial charge in [0.05, 0.1) is 25.4 Å². The Balaban J connectivity index is 2.28. The molecule has 1 aliphatic rings. The molecule has 0 aromatic carbocycles. The first kappa shape index (κ1) is 53.4. The molecule has 0 radical (unpaired) electrons. The summed E-state index contributed by atoms with van der Waals surface area (Å²) in [5.41, 5.74) is 0. The van der Waals surface area contributed by atoms with Crippen LogP contribution in [0.1, 0.15) is 206 Å². The van der Waals surface area contributed by atoms with Crippen molar-refractivity contribution in [2.45, 2.75) is 249 Å². The number of hydrogen-bond donors (Lipinski definition) is 6. The lowest BCUT2D eigenvalue weighted by Gasteiger charge is -2.40. The maximum atomic E-state index is 12.9. The van der Waals surface area contributed by atoms with E-state index in [1.54, 1.807) is 6.08 Å². The average Bonchev–Trinajstić information content (AvgIpc) is 3.21. The minimum absolute atomic E-state index is 0.193. The van der Waals surface area contributed by atoms with Crippen LogP contribution >= 0.6 is 0 Å². The second-order valence-electron chi connectivity index (χ2n) is 16.5. The van der Waals surface area contributed by atoms with Gasteiger partial charge >= 0.3 is 0 Å². The van der Waals surface area contributed by atoms with Crippen LogP contribution in [-0.2, 0) is 14.3 Å². The molecular formula is C48H89NO8. The second-order valence-corrected chi connectivity index (χ2v) is 16.5. The fourth-order valence-corrected chi connectivity index (χ4v) is 7.34. The third-order valence-electron chi connectivity index (χ3n) is 11.2. The van der Waals surface area contributed by atoms with Crippen molar-refractivity contribution in [1.29, 1.82) is 0 Å². The van der Waals surface area contributed by atoms with Crippen LogP contribution in [0.3, 0.4) is 0 Å². The van der Waals surface area contributed by atoms with Crippen molar-refractivity contribution in [2.24, 2.45) is 0 Å². The largest absolute Gasteiger partial charge is 0.394 e. The Morgan fingerprint density at radius 2 is 1.00 bits per heavy atom. The van der Waals surface area contributed by atoms with E-state index in [1.165, 1.54) is 135 Å². The molecule has 57 heavy (non-hydrogen) atoms. The SMILES string of the molecule is CCCCCCC/C=C/CC/C=C/C(O)C(COC1OC(CO)C(O)C(O)C1O)NC(=O)CCCCCCCCC/C=C\CCCCCCCCCCCCCC. The maximum Gasteiger partial charge on any atom is 0.220 e. The van der Waals surface area contributed by atoms with Crippen LogP contribution < -0.4 is 5.32 Å². The van der Waals surface area contributed by atoms with Gasteiger partial charge in [-0.1, -0.05) is 179 Å². The highest BCUT2D eigenvalue weighted by Gasteiger charge is 2.44. The molecule has 7 atom stereocenters. The number of rotatable bonds is 39. The molecule has 0 aromatic heterocycles. The Bertz CT molecular complexity index is 987. The zero-order valence-electron chi connectivity index (χ0n) is 36.6. The molecule has 0 aliphatic carbocycles. The molecule has 334 valence electrons. The lowest BCUT2D eigenvalue weighted by atomic mass is 9.99. The summed E-state index contributed by atoms with van der Waals surface area (Å²) >= 11 is 0. The molecule has 1 fully saturated rings. The highest BCUT2D eigenvalue weighted by Crippen LogP contribution is 2.22. The first-order valence-corrected chi connectivity index (χ1v) is 23.7. The predicted octanol–water partition coefficient (Wildman–Crippen LogP) is 10.1. The molecule has 7 unspecified atom stereocenters. The lowest BCUT2D eigenvalue weighted by molar-refractivity contribution is -0.302. The molecule has 1 aliphatic heterocycles. The molecule has 0 spiro atoms. The van der Waals surface area contributed by atoms with Crippen molar-refractivity contribution in [3.8, 4) is 0 Å². The first-order chi connectivity index (χ1) is 27.8. The van der Waals surface area contributed by atoms with Gasteiger partial charge in [-0.3, -0.25) is 4.79 Å². The highest BCUT2D eigenvalue weighted by molar-refractivity contribution is 5.76. The number of ether oxygens (including phenoxy) is 2. The van der Waals surface area contributed by atoms with Crippen molar-refractivity contribution in [3.05, 3.63) is 36.5 Å². The van der Waals surface area contributed by atoms with Crippen LogP contribution in [0, 0.1) is 0 Å². The van der Waals surface area contributed by atoms with Gasteiger partial charge in [0.2, 0.25) is 5.91 Å². The lowest BCUT2D eigenvalue weighted by Crippen LogP contribution is -2.60. The predicted molar refractivity (Wildman–Crippen MR) is 235 cm³/mol. The van der Waals surface area contributed by atoms with E-state index >= 15 is 0 Å². The summed E-state index contributed by atoms with van der Waals surface area (Å²) in [7, 11) is 0. The number of carbonyl (C=O) groups is 1. The molecule has 9 heteroatoms. The van der Waals surface area contributed by atoms with Crippen molar-refractivity contribution < 1.29 is 39.8 Å². The van der Waals surface area contributed by atoms with E-state index in [9.17, 15) is 30.3 Å². The monoisotopic (exact) mass is 808 g/mol. The van der Waals surface area contributed by atoms with E-state index < -0.39 is 49.5 Å². The molecule has 6 N–H and O–H groups in total. The first-order valence-electron chi connectivity index (χ1n) is 23.7. The van der Waals surface area contributed by atoms with E-state index in [4.69, 9.17) is 9.47 Å². The average molecular weight is 808 g/mol. The third kappa shape index (κ3) is 29.3. The van der Waals surface area contributed by atoms with Gasteiger partial charge in [-0.25, -0.2) is 0 Å². The Morgan fingerprint density at radius 1 is 0.579 bits per heavy atom. The highest BCUT2D eigenvalue weighted by atomic mass is 16.7. The standard InChI is InChI=1S/C48H89NO8/c1-3-5-7-9-11-13-15-16-17-18-19-20-21-22-23-24-25-26-28-30-32-34-36-38-44(52)49-41(40-56-48-47(55)46(54)45(53)43(39-50)57-48)42(51)37-35-33-31-29-27-14-12-10-8-6-4-2/h22-23,27,29,35,37,41-43,45-48,50-51,53-55H,3-21,24-26,28,30-34,36,38-40H2,1-2H3,(H,49,52)/b23-22-,29-27+,37-35+. The van der Waals surface area contributed by atoms with Gasteiger partial charge < -0.3 is 40.3 Å². The molecular weight excluding hydrogens is 719 g/mol. The van der Waals surface area contributed by atoms with Gasteiger partial charge in [-0.05, 0) is 57.8 Å². The molecule has 0 saturated carbocycles. The minimum Gasteiger partial charge on any atom is -0.394 e. The quantitative estimate of drug-likeness (QED) is 0.0266. The molecule has 9 nitrogen and oxygen atoms in total. The van der Waals surface area contributed by atoms with E-state index in [0.29, 0.717) is 6.42 Å². The van der Waals surface area contributed by atoms with Gasteiger partial charge in [-0.15, -0.1) is 0 Å². The number of aliphatic hydroxyl groups is 5. The summed E-state index contributed by atoms with van der Waals surface area (Å²) in [4.78, 5) is 12.9. The Morgan fingerprint density at radius 3 is 1.47 bits per heavy atom. The minimum atomic E-state index is -1.57. The zero-order chi connectivity index (χ0) is 41.6. The summed E-state index contributed by atoms with van der Waals surface area (Å²) in [5, 5.41) is 54.1. The third-order valence-corrected chi connectivity index (χ3v) is 11.2. The molecule has 1 rings (SSSR count). The van der Waals surface area contributed by atoms with Crippen molar-refractivity contribution in [2.75, 3.05) is 13.2 Å². The molecule has 0 aromatic rings. The zero-order valence-corrected chi connectivity index (χ0v) is 36.6. The Kier molecular flexibility index (Phi) is 36.2. The smallest absolute Gasteiger partial charge is 0.220 e. The van der Waals surface area contributed by atoms with Crippen molar-refractivity contribution in [3.63, 3.8) is 0 Å². The fraction of sp³-hybridized carbons (Fsp3) is 0.854. The van der Waals surface area contributed by atoms with Crippen LogP contribution in [0.25, 0.3) is 0 Å². The Labute approximate surface area is 349 Å². The summed E-state index contributed by atoms with van der Waals surface area (Å²) in [6, 6.07) is -0.821. The van der Waals surface area contributed by atoms with Crippen LogP contribution in [-0.4, -0.2) is 87.5 Å². The summed E-state index contributed by atoms with van der Waals surface area (Å²) in [6.45, 7) is 3.73. The second kappa shape index (κ2) is 38.6. The maximum absolute atomic E-state index is 12.9. The van der Waals surface area contributed by atoms with Gasteiger partial charge in [-0.2, -0.15) is 0 Å². The number of carbonyl (C=O) groups excluding carboxylic acids is 1. The summed E-state index contributed by atoms with van der Waals surface area (Å²) in [5.74, 6) is -0.193. The van der Waals surface area contributed by atoms with Gasteiger partial charge in [0.1, 0.15) is 24.4 Å². The van der Waals surface area contributed by atoms with E-state index in [-0.39, 0.29) is 12.5 Å². The van der Waals surface area contributed by atoms with Gasteiger partial charge in [0.15, 0.2) is 6.29 Å².